The minimum Gasteiger partial charge on any atom is -0.357 e. The molecule has 0 aromatic carbocycles. The van der Waals surface area contributed by atoms with Gasteiger partial charge in [-0.3, -0.25) is 4.79 Å². The van der Waals surface area contributed by atoms with E-state index in [1.807, 2.05) is 0 Å². The van der Waals surface area contributed by atoms with E-state index in [0.29, 0.717) is 13.0 Å². The third-order valence-corrected chi connectivity index (χ3v) is 2.09. The summed E-state index contributed by atoms with van der Waals surface area (Å²) in [6.07, 6.45) is 1.50. The highest BCUT2D eigenvalue weighted by Gasteiger charge is 2.32. The highest BCUT2D eigenvalue weighted by Crippen LogP contribution is 2.26. The van der Waals surface area contributed by atoms with Crippen LogP contribution >= 0.6 is 15.9 Å². The van der Waals surface area contributed by atoms with Gasteiger partial charge in [-0.15, -0.1) is 0 Å². The van der Waals surface area contributed by atoms with Gasteiger partial charge in [0.25, 0.3) is 0 Å². The summed E-state index contributed by atoms with van der Waals surface area (Å²) in [5, 5.41) is 0. The van der Waals surface area contributed by atoms with E-state index in [2.05, 4.69) is 15.9 Å². The van der Waals surface area contributed by atoms with E-state index in [4.69, 9.17) is 4.74 Å². The molecule has 1 aliphatic heterocycles. The summed E-state index contributed by atoms with van der Waals surface area (Å²) in [5.41, 5.74) is 0. The number of rotatable bonds is 0. The standard InChI is InChI=1S/C6H9BrO2/c1-6(7)5(8)3-2-4-9-6/h2-4H2,1H3. The highest BCUT2D eigenvalue weighted by molar-refractivity contribution is 9.10. The third kappa shape index (κ3) is 1.52. The largest absolute Gasteiger partial charge is 0.357 e. The number of ketones is 1. The lowest BCUT2D eigenvalue weighted by Gasteiger charge is -2.25. The summed E-state index contributed by atoms with van der Waals surface area (Å²) in [5.74, 6) is 0.147. The lowest BCUT2D eigenvalue weighted by Crippen LogP contribution is -2.35. The second kappa shape index (κ2) is 2.39. The summed E-state index contributed by atoms with van der Waals surface area (Å²) < 4.78 is 4.46. The Kier molecular flexibility index (Phi) is 1.91. The summed E-state index contributed by atoms with van der Waals surface area (Å²) in [6, 6.07) is 0. The van der Waals surface area contributed by atoms with Crippen LogP contribution in [0.2, 0.25) is 0 Å². The van der Waals surface area contributed by atoms with E-state index in [0.717, 1.165) is 6.42 Å². The molecule has 1 unspecified atom stereocenters. The Hall–Kier alpha value is 0.110. The molecule has 0 aliphatic carbocycles. The lowest BCUT2D eigenvalue weighted by atomic mass is 10.1. The minimum absolute atomic E-state index is 0.147. The molecule has 0 aromatic rings. The monoisotopic (exact) mass is 192 g/mol. The van der Waals surface area contributed by atoms with Crippen LogP contribution in [0.4, 0.5) is 0 Å². The van der Waals surface area contributed by atoms with Crippen molar-refractivity contribution in [3.05, 3.63) is 0 Å². The molecule has 1 saturated heterocycles. The van der Waals surface area contributed by atoms with Crippen molar-refractivity contribution < 1.29 is 9.53 Å². The van der Waals surface area contributed by atoms with Crippen molar-refractivity contribution in [3.63, 3.8) is 0 Å². The smallest absolute Gasteiger partial charge is 0.177 e. The summed E-state index contributed by atoms with van der Waals surface area (Å²) in [7, 11) is 0. The van der Waals surface area contributed by atoms with Crippen LogP contribution in [0, 0.1) is 0 Å². The Morgan fingerprint density at radius 1 is 1.78 bits per heavy atom. The molecule has 3 heteroatoms. The number of hydrogen-bond acceptors (Lipinski definition) is 2. The zero-order chi connectivity index (χ0) is 6.91. The van der Waals surface area contributed by atoms with Crippen molar-refractivity contribution in [1.82, 2.24) is 0 Å². The predicted octanol–water partition coefficient (Wildman–Crippen LogP) is 1.48. The molecule has 1 fully saturated rings. The van der Waals surface area contributed by atoms with Crippen LogP contribution < -0.4 is 0 Å². The van der Waals surface area contributed by atoms with Crippen LogP contribution in [-0.2, 0) is 9.53 Å². The molecule has 0 spiro atoms. The first kappa shape index (κ1) is 7.22. The zero-order valence-corrected chi connectivity index (χ0v) is 6.90. The molecule has 1 aliphatic rings. The number of carbonyl (C=O) groups is 1. The minimum atomic E-state index is -0.689. The van der Waals surface area contributed by atoms with Gasteiger partial charge >= 0.3 is 0 Å². The van der Waals surface area contributed by atoms with Gasteiger partial charge in [0.2, 0.25) is 0 Å². The maximum atomic E-state index is 10.9. The first-order valence-electron chi connectivity index (χ1n) is 2.99. The molecular weight excluding hydrogens is 184 g/mol. The van der Waals surface area contributed by atoms with Gasteiger partial charge in [-0.25, -0.2) is 0 Å². The Bertz CT molecular complexity index is 131. The van der Waals surface area contributed by atoms with E-state index >= 15 is 0 Å². The number of carbonyl (C=O) groups excluding carboxylic acids is 1. The molecule has 1 rings (SSSR count). The fourth-order valence-electron chi connectivity index (χ4n) is 0.800. The summed E-state index contributed by atoms with van der Waals surface area (Å²) in [6.45, 7) is 2.43. The van der Waals surface area contributed by atoms with Crippen molar-refractivity contribution >= 4 is 21.7 Å². The zero-order valence-electron chi connectivity index (χ0n) is 5.32. The first-order valence-corrected chi connectivity index (χ1v) is 3.78. The molecule has 52 valence electrons. The molecule has 0 bridgehead atoms. The highest BCUT2D eigenvalue weighted by atomic mass is 79.9. The number of Topliss-reactive ketones (excluding diaryl/α,β-unsaturated/α-hetero) is 1. The van der Waals surface area contributed by atoms with Crippen LogP contribution in [-0.4, -0.2) is 16.9 Å². The van der Waals surface area contributed by atoms with Gasteiger partial charge in [0, 0.05) is 13.0 Å². The van der Waals surface area contributed by atoms with E-state index < -0.39 is 4.51 Å². The van der Waals surface area contributed by atoms with Crippen molar-refractivity contribution in [2.24, 2.45) is 0 Å². The van der Waals surface area contributed by atoms with Crippen LogP contribution in [0.3, 0.4) is 0 Å². The second-order valence-electron chi connectivity index (χ2n) is 2.29. The van der Waals surface area contributed by atoms with Gasteiger partial charge in [0.1, 0.15) is 0 Å². The number of halogens is 1. The van der Waals surface area contributed by atoms with E-state index in [1.165, 1.54) is 0 Å². The molecular formula is C6H9BrO2. The molecule has 1 heterocycles. The summed E-state index contributed by atoms with van der Waals surface area (Å²) in [4.78, 5) is 10.9. The summed E-state index contributed by atoms with van der Waals surface area (Å²) >= 11 is 3.19. The Labute approximate surface area is 62.7 Å². The predicted molar refractivity (Wildman–Crippen MR) is 37.5 cm³/mol. The van der Waals surface area contributed by atoms with Crippen molar-refractivity contribution in [3.8, 4) is 0 Å². The van der Waals surface area contributed by atoms with Crippen LogP contribution in [0.5, 0.6) is 0 Å². The van der Waals surface area contributed by atoms with Crippen molar-refractivity contribution in [1.29, 1.82) is 0 Å². The number of ether oxygens (including phenoxy) is 1. The van der Waals surface area contributed by atoms with Gasteiger partial charge in [0.15, 0.2) is 10.3 Å². The number of hydrogen-bond donors (Lipinski definition) is 0. The van der Waals surface area contributed by atoms with E-state index in [9.17, 15) is 4.79 Å². The van der Waals surface area contributed by atoms with Gasteiger partial charge < -0.3 is 4.74 Å². The number of alkyl halides is 1. The Balaban J connectivity index is 2.60. The van der Waals surface area contributed by atoms with Crippen LogP contribution in [0.25, 0.3) is 0 Å². The van der Waals surface area contributed by atoms with Gasteiger partial charge in [0.05, 0.1) is 0 Å². The SMILES string of the molecule is CC1(Br)OCCCC1=O. The Morgan fingerprint density at radius 2 is 2.44 bits per heavy atom. The molecule has 0 N–H and O–H groups in total. The maximum absolute atomic E-state index is 10.9. The van der Waals surface area contributed by atoms with Crippen molar-refractivity contribution in [2.75, 3.05) is 6.61 Å². The molecule has 0 radical (unpaired) electrons. The average Bonchev–Trinajstić information content (AvgIpc) is 1.77. The third-order valence-electron chi connectivity index (χ3n) is 1.42. The second-order valence-corrected chi connectivity index (χ2v) is 3.81. The molecule has 9 heavy (non-hydrogen) atoms. The lowest BCUT2D eigenvalue weighted by molar-refractivity contribution is -0.136. The molecule has 0 amide bonds. The topological polar surface area (TPSA) is 26.3 Å². The fourth-order valence-corrected chi connectivity index (χ4v) is 1.16. The maximum Gasteiger partial charge on any atom is 0.177 e. The molecule has 2 nitrogen and oxygen atoms in total. The average molecular weight is 193 g/mol. The Morgan fingerprint density at radius 3 is 2.78 bits per heavy atom. The van der Waals surface area contributed by atoms with Crippen LogP contribution in [0.1, 0.15) is 19.8 Å². The van der Waals surface area contributed by atoms with E-state index in [1.54, 1.807) is 6.92 Å². The van der Waals surface area contributed by atoms with Crippen molar-refractivity contribution in [2.45, 2.75) is 24.3 Å². The first-order chi connectivity index (χ1) is 4.13. The quantitative estimate of drug-likeness (QED) is 0.544. The molecule has 0 saturated carbocycles. The molecule has 0 aromatic heterocycles. The van der Waals surface area contributed by atoms with Crippen LogP contribution in [0.15, 0.2) is 0 Å². The van der Waals surface area contributed by atoms with Gasteiger partial charge in [-0.05, 0) is 29.3 Å². The van der Waals surface area contributed by atoms with Gasteiger partial charge in [-0.2, -0.15) is 0 Å². The molecule has 1 atom stereocenters. The fraction of sp³-hybridized carbons (Fsp3) is 0.833. The van der Waals surface area contributed by atoms with E-state index in [-0.39, 0.29) is 5.78 Å². The van der Waals surface area contributed by atoms with Gasteiger partial charge in [-0.1, -0.05) is 0 Å². The normalized spacial score (nSPS) is 36.9.